The molecular weight excluding hydrogens is 142 g/mol. The molecule has 0 atom stereocenters. The highest BCUT2D eigenvalue weighted by Gasteiger charge is 2.20. The summed E-state index contributed by atoms with van der Waals surface area (Å²) in [5.41, 5.74) is 1.05. The summed E-state index contributed by atoms with van der Waals surface area (Å²) in [4.78, 5) is 3.22. The predicted molar refractivity (Wildman–Crippen MR) is 47.4 cm³/mol. The third kappa shape index (κ3) is 0.991. The molecule has 0 aromatic rings. The minimum absolute atomic E-state index is 1.05. The van der Waals surface area contributed by atoms with E-state index < -0.39 is 0 Å². The van der Waals surface area contributed by atoms with Crippen LogP contribution in [0.25, 0.3) is 0 Å². The van der Waals surface area contributed by atoms with Crippen molar-refractivity contribution in [3.05, 3.63) is 34.9 Å². The number of allylic oxidation sites excluding steroid dienone is 1. The molecule has 0 bridgehead atoms. The first-order chi connectivity index (χ1) is 4.66. The van der Waals surface area contributed by atoms with Crippen LogP contribution in [0, 0.1) is 0 Å². The van der Waals surface area contributed by atoms with E-state index in [4.69, 9.17) is 0 Å². The first-order valence-electron chi connectivity index (χ1n) is 3.13. The van der Waals surface area contributed by atoms with Crippen LogP contribution >= 0.6 is 11.8 Å². The number of hydrogen-bond donors (Lipinski definition) is 0. The van der Waals surface area contributed by atoms with Crippen LogP contribution in [-0.4, -0.2) is 11.9 Å². The molecule has 0 aromatic carbocycles. The van der Waals surface area contributed by atoms with Crippen molar-refractivity contribution >= 4 is 11.8 Å². The number of hydrogen-bond acceptors (Lipinski definition) is 2. The Morgan fingerprint density at radius 1 is 1.50 bits per heavy atom. The number of thioether (sulfide) groups is 1. The lowest BCUT2D eigenvalue weighted by Crippen LogP contribution is -2.06. The zero-order valence-electron chi connectivity index (χ0n) is 6.35. The molecule has 0 amide bonds. The Kier molecular flexibility index (Phi) is 1.90. The van der Waals surface area contributed by atoms with Gasteiger partial charge in [0.25, 0.3) is 0 Å². The van der Waals surface area contributed by atoms with Crippen LogP contribution in [0.3, 0.4) is 0 Å². The second kappa shape index (κ2) is 2.54. The Bertz CT molecular complexity index is 215. The molecule has 1 aliphatic heterocycles. The standard InChI is InChI=1S/C8H11NS/c1-5-8-6(2)9(4)7(3)10-8/h5H,2-3H2,1,4H3/b8-5-. The normalized spacial score (nSPS) is 23.0. The second-order valence-corrected chi connectivity index (χ2v) is 3.27. The monoisotopic (exact) mass is 153 g/mol. The summed E-state index contributed by atoms with van der Waals surface area (Å²) in [5.74, 6) is 0. The molecule has 0 aliphatic carbocycles. The lowest BCUT2D eigenvalue weighted by Gasteiger charge is -2.09. The molecular formula is C8H11NS. The quantitative estimate of drug-likeness (QED) is 0.526. The molecule has 0 aromatic heterocycles. The molecule has 1 nitrogen and oxygen atoms in total. The van der Waals surface area contributed by atoms with Gasteiger partial charge in [-0.3, -0.25) is 0 Å². The van der Waals surface area contributed by atoms with Crippen LogP contribution < -0.4 is 0 Å². The van der Waals surface area contributed by atoms with Gasteiger partial charge in [0.2, 0.25) is 0 Å². The maximum absolute atomic E-state index is 3.91. The molecule has 10 heavy (non-hydrogen) atoms. The van der Waals surface area contributed by atoms with Crippen molar-refractivity contribution in [2.45, 2.75) is 6.92 Å². The van der Waals surface area contributed by atoms with E-state index in [1.165, 1.54) is 4.91 Å². The summed E-state index contributed by atoms with van der Waals surface area (Å²) in [5, 5.41) is 1.05. The van der Waals surface area contributed by atoms with Gasteiger partial charge in [0.05, 0.1) is 5.03 Å². The fourth-order valence-corrected chi connectivity index (χ4v) is 1.67. The van der Waals surface area contributed by atoms with Gasteiger partial charge in [-0.25, -0.2) is 0 Å². The largest absolute Gasteiger partial charge is 0.339 e. The van der Waals surface area contributed by atoms with Gasteiger partial charge in [0, 0.05) is 17.6 Å². The van der Waals surface area contributed by atoms with Gasteiger partial charge >= 0.3 is 0 Å². The SMILES string of the molecule is C=C1S/C(=C\C)C(=C)N1C. The lowest BCUT2D eigenvalue weighted by molar-refractivity contribution is 0.589. The third-order valence-corrected chi connectivity index (χ3v) is 2.75. The first kappa shape index (κ1) is 7.48. The van der Waals surface area contributed by atoms with Gasteiger partial charge in [-0.2, -0.15) is 0 Å². The Labute approximate surface area is 66.1 Å². The van der Waals surface area contributed by atoms with Crippen LogP contribution in [-0.2, 0) is 0 Å². The topological polar surface area (TPSA) is 3.24 Å². The average Bonchev–Trinajstić information content (AvgIpc) is 2.17. The van der Waals surface area contributed by atoms with Crippen molar-refractivity contribution in [1.82, 2.24) is 4.90 Å². The molecule has 0 unspecified atom stereocenters. The zero-order valence-corrected chi connectivity index (χ0v) is 7.16. The van der Waals surface area contributed by atoms with E-state index in [0.29, 0.717) is 0 Å². The van der Waals surface area contributed by atoms with Crippen LogP contribution in [0.1, 0.15) is 6.92 Å². The van der Waals surface area contributed by atoms with E-state index in [1.807, 2.05) is 18.9 Å². The van der Waals surface area contributed by atoms with Gasteiger partial charge in [0.1, 0.15) is 0 Å². The summed E-state index contributed by atoms with van der Waals surface area (Å²) >= 11 is 1.67. The summed E-state index contributed by atoms with van der Waals surface area (Å²) in [6.45, 7) is 9.80. The number of likely N-dealkylation sites (N-methyl/N-ethyl adjacent to an activating group) is 1. The molecule has 2 heteroatoms. The van der Waals surface area contributed by atoms with Gasteiger partial charge in [-0.15, -0.1) is 0 Å². The molecule has 1 aliphatic rings. The van der Waals surface area contributed by atoms with Crippen molar-refractivity contribution in [3.63, 3.8) is 0 Å². The van der Waals surface area contributed by atoms with E-state index in [-0.39, 0.29) is 0 Å². The van der Waals surface area contributed by atoms with Gasteiger partial charge in [-0.05, 0) is 6.92 Å². The summed E-state index contributed by atoms with van der Waals surface area (Å²) in [6, 6.07) is 0. The summed E-state index contributed by atoms with van der Waals surface area (Å²) < 4.78 is 0. The van der Waals surface area contributed by atoms with E-state index in [9.17, 15) is 0 Å². The maximum atomic E-state index is 3.91. The minimum Gasteiger partial charge on any atom is -0.339 e. The van der Waals surface area contributed by atoms with Crippen LogP contribution in [0.2, 0.25) is 0 Å². The van der Waals surface area contributed by atoms with Gasteiger partial charge in [-0.1, -0.05) is 31.0 Å². The molecule has 1 saturated heterocycles. The van der Waals surface area contributed by atoms with E-state index >= 15 is 0 Å². The van der Waals surface area contributed by atoms with E-state index in [1.54, 1.807) is 11.8 Å². The maximum Gasteiger partial charge on any atom is 0.0725 e. The Morgan fingerprint density at radius 2 is 2.10 bits per heavy atom. The highest BCUT2D eigenvalue weighted by Crippen LogP contribution is 2.41. The van der Waals surface area contributed by atoms with Crippen LogP contribution in [0.4, 0.5) is 0 Å². The van der Waals surface area contributed by atoms with Crippen molar-refractivity contribution in [1.29, 1.82) is 0 Å². The van der Waals surface area contributed by atoms with Crippen molar-refractivity contribution < 1.29 is 0 Å². The van der Waals surface area contributed by atoms with Gasteiger partial charge < -0.3 is 4.90 Å². The van der Waals surface area contributed by atoms with Crippen molar-refractivity contribution in [2.75, 3.05) is 7.05 Å². The molecule has 0 saturated carbocycles. The summed E-state index contributed by atoms with van der Waals surface area (Å²) in [7, 11) is 1.98. The van der Waals surface area contributed by atoms with Crippen LogP contribution in [0.5, 0.6) is 0 Å². The Hall–Kier alpha value is -0.630. The smallest absolute Gasteiger partial charge is 0.0725 e. The van der Waals surface area contributed by atoms with E-state index in [2.05, 4.69) is 19.2 Å². The van der Waals surface area contributed by atoms with Crippen molar-refractivity contribution in [3.8, 4) is 0 Å². The molecule has 54 valence electrons. The second-order valence-electron chi connectivity index (χ2n) is 2.15. The summed E-state index contributed by atoms with van der Waals surface area (Å²) in [6.07, 6.45) is 2.06. The molecule has 0 radical (unpaired) electrons. The third-order valence-electron chi connectivity index (χ3n) is 1.55. The first-order valence-corrected chi connectivity index (χ1v) is 3.94. The highest BCUT2D eigenvalue weighted by atomic mass is 32.2. The molecule has 1 heterocycles. The van der Waals surface area contributed by atoms with Gasteiger partial charge in [0.15, 0.2) is 0 Å². The van der Waals surface area contributed by atoms with Crippen LogP contribution in [0.15, 0.2) is 34.9 Å². The molecule has 0 N–H and O–H groups in total. The molecule has 1 fully saturated rings. The highest BCUT2D eigenvalue weighted by molar-refractivity contribution is 8.07. The fraction of sp³-hybridized carbons (Fsp3) is 0.250. The predicted octanol–water partition coefficient (Wildman–Crippen LogP) is 2.55. The fourth-order valence-electron chi connectivity index (χ4n) is 0.796. The van der Waals surface area contributed by atoms with Crippen molar-refractivity contribution in [2.24, 2.45) is 0 Å². The Morgan fingerprint density at radius 3 is 2.30 bits per heavy atom. The molecule has 0 spiro atoms. The number of rotatable bonds is 0. The minimum atomic E-state index is 1.05. The average molecular weight is 153 g/mol. The number of nitrogens with zero attached hydrogens (tertiary/aromatic N) is 1. The lowest BCUT2D eigenvalue weighted by atomic mass is 10.4. The van der Waals surface area contributed by atoms with E-state index in [0.717, 1.165) is 10.7 Å². The Balaban J connectivity index is 2.92. The molecule has 1 rings (SSSR count). The zero-order chi connectivity index (χ0) is 7.72.